The molecule has 58 valence electrons. The van der Waals surface area contributed by atoms with Crippen molar-refractivity contribution in [3.8, 4) is 0 Å². The van der Waals surface area contributed by atoms with Crippen LogP contribution < -0.4 is 0 Å². The van der Waals surface area contributed by atoms with Crippen molar-refractivity contribution in [2.75, 3.05) is 13.6 Å². The molecule has 2 heteroatoms. The molecule has 0 radical (unpaired) electrons. The lowest BCUT2D eigenvalue weighted by Crippen LogP contribution is -2.57. The molecule has 3 atom stereocenters. The Morgan fingerprint density at radius 1 is 1.40 bits per heavy atom. The molecule has 3 unspecified atom stereocenters. The van der Waals surface area contributed by atoms with Crippen molar-refractivity contribution in [2.45, 2.75) is 31.4 Å². The normalized spacial score (nSPS) is 48.0. The monoisotopic (exact) mass is 141 g/mol. The van der Waals surface area contributed by atoms with Gasteiger partial charge in [-0.15, -0.1) is 0 Å². The molecule has 2 aliphatic rings. The van der Waals surface area contributed by atoms with E-state index in [1.54, 1.807) is 0 Å². The first-order chi connectivity index (χ1) is 4.77. The van der Waals surface area contributed by atoms with E-state index >= 15 is 0 Å². The fourth-order valence-corrected chi connectivity index (χ4v) is 2.31. The fraction of sp³-hybridized carbons (Fsp3) is 1.00. The molecule has 0 spiro atoms. The SMILES string of the molecule is CN1CC2CCC(O)CC21. The zero-order valence-electron chi connectivity index (χ0n) is 6.45. The summed E-state index contributed by atoms with van der Waals surface area (Å²) in [6.45, 7) is 1.26. The lowest BCUT2D eigenvalue weighted by molar-refractivity contribution is -0.0392. The van der Waals surface area contributed by atoms with Gasteiger partial charge in [0.15, 0.2) is 0 Å². The molecular weight excluding hydrogens is 126 g/mol. The minimum Gasteiger partial charge on any atom is -0.393 e. The van der Waals surface area contributed by atoms with Gasteiger partial charge in [-0.2, -0.15) is 0 Å². The van der Waals surface area contributed by atoms with Crippen LogP contribution in [0.5, 0.6) is 0 Å². The third-order valence-corrected chi connectivity index (χ3v) is 3.02. The smallest absolute Gasteiger partial charge is 0.0555 e. The van der Waals surface area contributed by atoms with Gasteiger partial charge in [-0.3, -0.25) is 0 Å². The molecule has 1 saturated heterocycles. The van der Waals surface area contributed by atoms with E-state index in [2.05, 4.69) is 11.9 Å². The minimum atomic E-state index is -0.0102. The summed E-state index contributed by atoms with van der Waals surface area (Å²) in [7, 11) is 2.15. The van der Waals surface area contributed by atoms with E-state index in [1.807, 2.05) is 0 Å². The minimum absolute atomic E-state index is 0.0102. The van der Waals surface area contributed by atoms with Crippen molar-refractivity contribution in [1.29, 1.82) is 0 Å². The molecule has 1 aliphatic heterocycles. The Kier molecular flexibility index (Phi) is 1.46. The van der Waals surface area contributed by atoms with Crippen LogP contribution >= 0.6 is 0 Å². The van der Waals surface area contributed by atoms with E-state index in [0.717, 1.165) is 18.8 Å². The summed E-state index contributed by atoms with van der Waals surface area (Å²) in [5, 5.41) is 9.32. The van der Waals surface area contributed by atoms with E-state index in [0.29, 0.717) is 6.04 Å². The molecule has 1 N–H and O–H groups in total. The van der Waals surface area contributed by atoms with Gasteiger partial charge in [0.25, 0.3) is 0 Å². The van der Waals surface area contributed by atoms with Gasteiger partial charge in [0.2, 0.25) is 0 Å². The van der Waals surface area contributed by atoms with E-state index in [4.69, 9.17) is 0 Å². The quantitative estimate of drug-likeness (QED) is 0.530. The predicted octanol–water partition coefficient (Wildman–Crippen LogP) is 0.461. The summed E-state index contributed by atoms with van der Waals surface area (Å²) in [5.74, 6) is 0.911. The molecule has 2 nitrogen and oxygen atoms in total. The van der Waals surface area contributed by atoms with Gasteiger partial charge >= 0.3 is 0 Å². The zero-order valence-corrected chi connectivity index (χ0v) is 6.45. The van der Waals surface area contributed by atoms with Gasteiger partial charge in [0, 0.05) is 12.6 Å². The van der Waals surface area contributed by atoms with Crippen LogP contribution in [0.3, 0.4) is 0 Å². The van der Waals surface area contributed by atoms with Gasteiger partial charge in [0.1, 0.15) is 0 Å². The standard InChI is InChI=1S/C8H15NO/c1-9-5-6-2-3-7(10)4-8(6)9/h6-8,10H,2-5H2,1H3. The van der Waals surface area contributed by atoms with Crippen LogP contribution in [0.15, 0.2) is 0 Å². The Hall–Kier alpha value is -0.0800. The van der Waals surface area contributed by atoms with Crippen molar-refractivity contribution < 1.29 is 5.11 Å². The number of aliphatic hydroxyl groups is 1. The van der Waals surface area contributed by atoms with Crippen LogP contribution in [0.1, 0.15) is 19.3 Å². The molecule has 0 amide bonds. The number of likely N-dealkylation sites (tertiary alicyclic amines) is 1. The molecule has 2 rings (SSSR count). The van der Waals surface area contributed by atoms with Gasteiger partial charge in [0.05, 0.1) is 6.10 Å². The summed E-state index contributed by atoms with van der Waals surface area (Å²) < 4.78 is 0. The lowest BCUT2D eigenvalue weighted by Gasteiger charge is -2.50. The second kappa shape index (κ2) is 2.21. The average molecular weight is 141 g/mol. The summed E-state index contributed by atoms with van der Waals surface area (Å²) in [4.78, 5) is 2.35. The highest BCUT2D eigenvalue weighted by atomic mass is 16.3. The second-order valence-corrected chi connectivity index (χ2v) is 3.73. The molecule has 1 heterocycles. The number of fused-ring (bicyclic) bond motifs is 1. The van der Waals surface area contributed by atoms with Crippen LogP contribution in [0.2, 0.25) is 0 Å². The first-order valence-electron chi connectivity index (χ1n) is 4.15. The zero-order chi connectivity index (χ0) is 7.14. The predicted molar refractivity (Wildman–Crippen MR) is 39.8 cm³/mol. The largest absolute Gasteiger partial charge is 0.393 e. The molecule has 10 heavy (non-hydrogen) atoms. The third-order valence-electron chi connectivity index (χ3n) is 3.02. The Morgan fingerprint density at radius 2 is 2.20 bits per heavy atom. The second-order valence-electron chi connectivity index (χ2n) is 3.73. The molecule has 0 aromatic carbocycles. The summed E-state index contributed by atoms with van der Waals surface area (Å²) in [5.41, 5.74) is 0. The number of aliphatic hydroxyl groups excluding tert-OH is 1. The first kappa shape index (κ1) is 6.62. The van der Waals surface area contributed by atoms with Crippen LogP contribution in [0.4, 0.5) is 0 Å². The number of hydrogen-bond donors (Lipinski definition) is 1. The topological polar surface area (TPSA) is 23.5 Å². The highest BCUT2D eigenvalue weighted by molar-refractivity contribution is 4.94. The molecule has 2 fully saturated rings. The maximum atomic E-state index is 9.32. The molecule has 0 aromatic rings. The third kappa shape index (κ3) is 0.867. The van der Waals surface area contributed by atoms with Crippen LogP contribution in [0, 0.1) is 5.92 Å². The highest BCUT2D eigenvalue weighted by Crippen LogP contribution is 2.35. The number of hydrogen-bond acceptors (Lipinski definition) is 2. The molecule has 0 bridgehead atoms. The molecule has 1 saturated carbocycles. The summed E-state index contributed by atoms with van der Waals surface area (Å²) in [6, 6.07) is 0.712. The lowest BCUT2D eigenvalue weighted by atomic mass is 9.76. The van der Waals surface area contributed by atoms with Crippen molar-refractivity contribution in [3.63, 3.8) is 0 Å². The Balaban J connectivity index is 1.94. The molecule has 0 aromatic heterocycles. The van der Waals surface area contributed by atoms with Gasteiger partial charge in [-0.25, -0.2) is 0 Å². The molecular formula is C8H15NO. The van der Waals surface area contributed by atoms with Gasteiger partial charge in [-0.1, -0.05) is 0 Å². The van der Waals surface area contributed by atoms with Crippen molar-refractivity contribution in [1.82, 2.24) is 4.90 Å². The van der Waals surface area contributed by atoms with Crippen molar-refractivity contribution in [3.05, 3.63) is 0 Å². The summed E-state index contributed by atoms with van der Waals surface area (Å²) >= 11 is 0. The Bertz CT molecular complexity index is 135. The maximum Gasteiger partial charge on any atom is 0.0555 e. The molecule has 1 aliphatic carbocycles. The average Bonchev–Trinajstić information content (AvgIpc) is 1.92. The van der Waals surface area contributed by atoms with Crippen molar-refractivity contribution >= 4 is 0 Å². The van der Waals surface area contributed by atoms with Gasteiger partial charge < -0.3 is 10.0 Å². The van der Waals surface area contributed by atoms with E-state index < -0.39 is 0 Å². The summed E-state index contributed by atoms with van der Waals surface area (Å²) in [6.07, 6.45) is 3.29. The first-order valence-corrected chi connectivity index (χ1v) is 4.15. The Labute approximate surface area is 61.8 Å². The highest BCUT2D eigenvalue weighted by Gasteiger charge is 2.40. The van der Waals surface area contributed by atoms with E-state index in [1.165, 1.54) is 13.0 Å². The van der Waals surface area contributed by atoms with E-state index in [-0.39, 0.29) is 6.10 Å². The van der Waals surface area contributed by atoms with E-state index in [9.17, 15) is 5.11 Å². The van der Waals surface area contributed by atoms with Crippen LogP contribution in [-0.2, 0) is 0 Å². The van der Waals surface area contributed by atoms with Gasteiger partial charge in [-0.05, 0) is 32.2 Å². The van der Waals surface area contributed by atoms with Crippen LogP contribution in [-0.4, -0.2) is 35.7 Å². The maximum absolute atomic E-state index is 9.32. The van der Waals surface area contributed by atoms with Crippen LogP contribution in [0.25, 0.3) is 0 Å². The van der Waals surface area contributed by atoms with Crippen molar-refractivity contribution in [2.24, 2.45) is 5.92 Å². The fourth-order valence-electron chi connectivity index (χ4n) is 2.31. The Morgan fingerprint density at radius 3 is 2.80 bits per heavy atom. The number of nitrogens with zero attached hydrogens (tertiary/aromatic N) is 1. The number of rotatable bonds is 0.